The van der Waals surface area contributed by atoms with Crippen molar-refractivity contribution in [3.05, 3.63) is 58.1 Å². The van der Waals surface area contributed by atoms with Gasteiger partial charge in [0.1, 0.15) is 11.1 Å². The molecule has 3 nitrogen and oxygen atoms in total. The van der Waals surface area contributed by atoms with E-state index in [-0.39, 0.29) is 11.3 Å². The Morgan fingerprint density at radius 1 is 1.14 bits per heavy atom. The van der Waals surface area contributed by atoms with Crippen LogP contribution in [-0.2, 0) is 4.79 Å². The number of amides is 1. The van der Waals surface area contributed by atoms with Crippen LogP contribution in [0.4, 0.5) is 5.69 Å². The Morgan fingerprint density at radius 3 is 2.50 bits per heavy atom. The van der Waals surface area contributed by atoms with Gasteiger partial charge in [0, 0.05) is 5.69 Å². The number of carbonyl (C=O) groups excluding carboxylic acids is 1. The first-order chi connectivity index (χ1) is 10.6. The van der Waals surface area contributed by atoms with Crippen molar-refractivity contribution in [3.8, 4) is 5.75 Å². The summed E-state index contributed by atoms with van der Waals surface area (Å²) >= 11 is 13.6. The zero-order valence-electron chi connectivity index (χ0n) is 11.8. The number of nitrogens with zero attached hydrogens (tertiary/aromatic N) is 1. The number of methoxy groups -OCH3 is 1. The molecule has 2 aromatic rings. The average Bonchev–Trinajstić information content (AvgIpc) is 2.92. The predicted molar refractivity (Wildman–Crippen MR) is 92.1 cm³/mol. The third-order valence-corrected chi connectivity index (χ3v) is 5.40. The van der Waals surface area contributed by atoms with Gasteiger partial charge in [0.2, 0.25) is 5.91 Å². The first-order valence-corrected chi connectivity index (χ1v) is 8.43. The minimum absolute atomic E-state index is 0.0595. The fourth-order valence-corrected chi connectivity index (χ4v) is 3.82. The van der Waals surface area contributed by atoms with E-state index in [9.17, 15) is 4.79 Å². The van der Waals surface area contributed by atoms with Crippen LogP contribution in [0.5, 0.6) is 5.75 Å². The summed E-state index contributed by atoms with van der Waals surface area (Å²) < 4.78 is 5.17. The van der Waals surface area contributed by atoms with Crippen molar-refractivity contribution >= 4 is 46.6 Å². The van der Waals surface area contributed by atoms with Crippen LogP contribution in [0.2, 0.25) is 10.0 Å². The van der Waals surface area contributed by atoms with Crippen LogP contribution in [0.25, 0.3) is 0 Å². The van der Waals surface area contributed by atoms with E-state index in [2.05, 4.69) is 0 Å². The summed E-state index contributed by atoms with van der Waals surface area (Å²) in [6, 6.07) is 13.0. The molecule has 0 aliphatic carbocycles. The molecule has 1 fully saturated rings. The molecule has 1 unspecified atom stereocenters. The van der Waals surface area contributed by atoms with Crippen LogP contribution in [0, 0.1) is 0 Å². The summed E-state index contributed by atoms with van der Waals surface area (Å²) in [5.74, 6) is 1.29. The first-order valence-electron chi connectivity index (χ1n) is 6.63. The summed E-state index contributed by atoms with van der Waals surface area (Å²) in [6.45, 7) is 0. The van der Waals surface area contributed by atoms with Crippen LogP contribution in [0.15, 0.2) is 42.5 Å². The third kappa shape index (κ3) is 2.91. The maximum Gasteiger partial charge on any atom is 0.238 e. The molecule has 1 aliphatic rings. The molecule has 6 heteroatoms. The van der Waals surface area contributed by atoms with E-state index >= 15 is 0 Å². The van der Waals surface area contributed by atoms with Crippen LogP contribution < -0.4 is 9.64 Å². The molecule has 114 valence electrons. The second-order valence-corrected chi connectivity index (χ2v) is 6.68. The predicted octanol–water partition coefficient (Wildman–Crippen LogP) is 4.78. The summed E-state index contributed by atoms with van der Waals surface area (Å²) in [6.07, 6.45) is 0. The van der Waals surface area contributed by atoms with Gasteiger partial charge >= 0.3 is 0 Å². The van der Waals surface area contributed by atoms with Gasteiger partial charge in [0.25, 0.3) is 0 Å². The van der Waals surface area contributed by atoms with Gasteiger partial charge in [0.15, 0.2) is 0 Å². The zero-order chi connectivity index (χ0) is 15.7. The van der Waals surface area contributed by atoms with Crippen LogP contribution in [0.1, 0.15) is 10.9 Å². The lowest BCUT2D eigenvalue weighted by Gasteiger charge is -2.24. The topological polar surface area (TPSA) is 29.5 Å². The minimum atomic E-state index is -0.0735. The van der Waals surface area contributed by atoms with E-state index in [0.29, 0.717) is 15.8 Å². The van der Waals surface area contributed by atoms with Gasteiger partial charge in [0.05, 0.1) is 22.9 Å². The molecule has 3 rings (SSSR count). The van der Waals surface area contributed by atoms with Crippen molar-refractivity contribution < 1.29 is 9.53 Å². The molecule has 1 heterocycles. The summed E-state index contributed by atoms with van der Waals surface area (Å²) in [5.41, 5.74) is 1.80. The Labute approximate surface area is 143 Å². The number of benzene rings is 2. The Morgan fingerprint density at radius 2 is 1.86 bits per heavy atom. The van der Waals surface area contributed by atoms with Gasteiger partial charge in [-0.1, -0.05) is 35.3 Å². The van der Waals surface area contributed by atoms with Gasteiger partial charge in [-0.2, -0.15) is 0 Å². The maximum atomic E-state index is 12.3. The molecule has 0 radical (unpaired) electrons. The van der Waals surface area contributed by atoms with E-state index < -0.39 is 0 Å². The monoisotopic (exact) mass is 353 g/mol. The fourth-order valence-electron chi connectivity index (χ4n) is 2.35. The second-order valence-electron chi connectivity index (χ2n) is 4.80. The lowest BCUT2D eigenvalue weighted by atomic mass is 10.2. The van der Waals surface area contributed by atoms with Crippen molar-refractivity contribution in [1.29, 1.82) is 0 Å². The average molecular weight is 354 g/mol. The number of thioether (sulfide) groups is 1. The highest BCUT2D eigenvalue weighted by atomic mass is 35.5. The van der Waals surface area contributed by atoms with E-state index in [4.69, 9.17) is 27.9 Å². The largest absolute Gasteiger partial charge is 0.497 e. The third-order valence-electron chi connectivity index (χ3n) is 3.45. The summed E-state index contributed by atoms with van der Waals surface area (Å²) in [7, 11) is 1.63. The number of rotatable bonds is 3. The zero-order valence-corrected chi connectivity index (χ0v) is 14.1. The molecule has 0 aromatic heterocycles. The molecular formula is C16H13Cl2NO2S. The number of anilines is 1. The van der Waals surface area contributed by atoms with Gasteiger partial charge in [-0.3, -0.25) is 9.69 Å². The lowest BCUT2D eigenvalue weighted by Crippen LogP contribution is -2.27. The van der Waals surface area contributed by atoms with E-state index in [0.717, 1.165) is 17.0 Å². The molecule has 0 N–H and O–H groups in total. The normalized spacial score (nSPS) is 17.9. The van der Waals surface area contributed by atoms with E-state index in [1.807, 2.05) is 30.3 Å². The van der Waals surface area contributed by atoms with Crippen LogP contribution in [-0.4, -0.2) is 18.8 Å². The highest BCUT2D eigenvalue weighted by molar-refractivity contribution is 8.00. The smallest absolute Gasteiger partial charge is 0.238 e. The maximum absolute atomic E-state index is 12.3. The summed E-state index contributed by atoms with van der Waals surface area (Å²) in [5, 5.41) is 0.846. The standard InChI is InChI=1S/C16H13Cl2NO2S/c1-21-12-5-2-10(3-6-12)16-19(15(20)9-22-16)11-4-7-13(17)14(18)8-11/h2-8,16H,9H2,1H3. The molecule has 2 aromatic carbocycles. The van der Waals surface area contributed by atoms with Crippen molar-refractivity contribution in [1.82, 2.24) is 0 Å². The van der Waals surface area contributed by atoms with Crippen molar-refractivity contribution in [3.63, 3.8) is 0 Å². The number of halogens is 2. The van der Waals surface area contributed by atoms with Gasteiger partial charge in [-0.05, 0) is 35.9 Å². The Bertz CT molecular complexity index is 706. The van der Waals surface area contributed by atoms with Crippen molar-refractivity contribution in [2.45, 2.75) is 5.37 Å². The SMILES string of the molecule is COc1ccc(C2SCC(=O)N2c2ccc(Cl)c(Cl)c2)cc1. The Hall–Kier alpha value is -1.36. The molecule has 1 aliphatic heterocycles. The Kier molecular flexibility index (Phi) is 4.52. The van der Waals surface area contributed by atoms with Gasteiger partial charge in [-0.25, -0.2) is 0 Å². The highest BCUT2D eigenvalue weighted by Crippen LogP contribution is 2.43. The molecule has 22 heavy (non-hydrogen) atoms. The van der Waals surface area contributed by atoms with Crippen molar-refractivity contribution in [2.24, 2.45) is 0 Å². The molecule has 1 amide bonds. The van der Waals surface area contributed by atoms with Crippen LogP contribution >= 0.6 is 35.0 Å². The number of hydrogen-bond acceptors (Lipinski definition) is 3. The fraction of sp³-hybridized carbons (Fsp3) is 0.188. The quantitative estimate of drug-likeness (QED) is 0.794. The highest BCUT2D eigenvalue weighted by Gasteiger charge is 2.34. The number of hydrogen-bond donors (Lipinski definition) is 0. The minimum Gasteiger partial charge on any atom is -0.497 e. The van der Waals surface area contributed by atoms with E-state index in [1.165, 1.54) is 0 Å². The number of ether oxygens (including phenoxy) is 1. The molecule has 1 atom stereocenters. The van der Waals surface area contributed by atoms with Gasteiger partial charge < -0.3 is 4.74 Å². The molecule has 0 bridgehead atoms. The number of carbonyl (C=O) groups is 1. The van der Waals surface area contributed by atoms with E-state index in [1.54, 1.807) is 35.9 Å². The molecule has 1 saturated heterocycles. The molecule has 0 spiro atoms. The van der Waals surface area contributed by atoms with Gasteiger partial charge in [-0.15, -0.1) is 11.8 Å². The molecular weight excluding hydrogens is 341 g/mol. The second kappa shape index (κ2) is 6.41. The molecule has 0 saturated carbocycles. The summed E-state index contributed by atoms with van der Waals surface area (Å²) in [4.78, 5) is 14.0. The van der Waals surface area contributed by atoms with Crippen LogP contribution in [0.3, 0.4) is 0 Å². The van der Waals surface area contributed by atoms with Crippen molar-refractivity contribution in [2.75, 3.05) is 17.8 Å². The lowest BCUT2D eigenvalue weighted by molar-refractivity contribution is -0.115. The first kappa shape index (κ1) is 15.5. The Balaban J connectivity index is 1.96.